The molecule has 10 aliphatic heterocycles. The molecule has 0 bridgehead atoms. The normalized spacial score (nSPS) is 23.2. The molecule has 12 aliphatic rings. The third kappa shape index (κ3) is 30.4. The number of anilines is 6. The van der Waals surface area contributed by atoms with Crippen molar-refractivity contribution in [2.75, 3.05) is 234 Å². The number of hydrogen-bond donors (Lipinski definition) is 0. The maximum atomic E-state index is 2.69. The molecule has 692 valence electrons. The molecule has 0 amide bonds. The topological polar surface area (TPSA) is 48.6 Å². The molecule has 8 aromatic carbocycles. The Morgan fingerprint density at radius 1 is 0.236 bits per heavy atom. The molecule has 12 fully saturated rings. The predicted molar refractivity (Wildman–Crippen MR) is 548 cm³/mol. The minimum atomic E-state index is 0. The molecule has 0 spiro atoms. The van der Waals surface area contributed by atoms with Crippen LogP contribution in [0.2, 0.25) is 0 Å². The number of benzene rings is 8. The molecule has 5 atom stereocenters. The van der Waals surface area contributed by atoms with E-state index in [1.54, 1.807) is 0 Å². The molecule has 15 heteroatoms. The minimum Gasteiger partial charge on any atom is -0.369 e. The molecule has 10 saturated heterocycles. The fourth-order valence-corrected chi connectivity index (χ4v) is 20.1. The highest BCUT2D eigenvalue weighted by molar-refractivity contribution is 5.53. The molecule has 0 aromatic heterocycles. The predicted octanol–water partition coefficient (Wildman–Crippen LogP) is 19.7. The van der Waals surface area contributed by atoms with Gasteiger partial charge in [-0.2, -0.15) is 0 Å². The van der Waals surface area contributed by atoms with Crippen LogP contribution in [-0.2, 0) is 6.54 Å². The van der Waals surface area contributed by atoms with Gasteiger partial charge >= 0.3 is 0 Å². The van der Waals surface area contributed by atoms with Crippen molar-refractivity contribution in [1.29, 1.82) is 0 Å². The Balaban J connectivity index is 0.000000132. The summed E-state index contributed by atoms with van der Waals surface area (Å²) in [5, 5.41) is 0. The molecule has 20 rings (SSSR count). The summed E-state index contributed by atoms with van der Waals surface area (Å²) >= 11 is 0. The molecule has 5 unspecified atom stereocenters. The van der Waals surface area contributed by atoms with Gasteiger partial charge in [0.15, 0.2) is 0 Å². The van der Waals surface area contributed by atoms with E-state index in [2.05, 4.69) is 372 Å². The first-order valence-corrected chi connectivity index (χ1v) is 49.5. The van der Waals surface area contributed by atoms with E-state index in [4.69, 9.17) is 0 Å². The van der Waals surface area contributed by atoms with Crippen molar-refractivity contribution in [3.8, 4) is 0 Å². The molecule has 2 saturated carbocycles. The highest BCUT2D eigenvalue weighted by atomic mass is 15.3. The van der Waals surface area contributed by atoms with Gasteiger partial charge in [0.2, 0.25) is 0 Å². The van der Waals surface area contributed by atoms with Crippen LogP contribution in [0, 0.1) is 55.4 Å². The maximum absolute atomic E-state index is 2.69. The number of piperazine rings is 7. The van der Waals surface area contributed by atoms with Gasteiger partial charge in [0.25, 0.3) is 0 Å². The summed E-state index contributed by atoms with van der Waals surface area (Å²) in [5.74, 6) is 0.798. The molecular weight excluding hydrogens is 1560 g/mol. The van der Waals surface area contributed by atoms with Crippen LogP contribution in [0.5, 0.6) is 0 Å². The fourth-order valence-electron chi connectivity index (χ4n) is 20.1. The van der Waals surface area contributed by atoms with E-state index in [9.17, 15) is 0 Å². The number of fused-ring (bicyclic) bond motifs is 2. The Hall–Kier alpha value is -7.80. The molecule has 2 aliphatic carbocycles. The Kier molecular flexibility index (Phi) is 38.3. The maximum Gasteiger partial charge on any atom is 0.0367 e. The minimum absolute atomic E-state index is 0. The van der Waals surface area contributed by atoms with E-state index in [0.29, 0.717) is 18.1 Å². The van der Waals surface area contributed by atoms with Gasteiger partial charge in [0, 0.05) is 233 Å². The van der Waals surface area contributed by atoms with E-state index < -0.39 is 0 Å². The lowest BCUT2D eigenvalue weighted by Crippen LogP contribution is -2.55. The van der Waals surface area contributed by atoms with E-state index in [1.807, 2.05) is 0 Å². The van der Waals surface area contributed by atoms with Crippen LogP contribution in [0.15, 0.2) is 194 Å². The lowest BCUT2D eigenvalue weighted by atomic mass is 9.89. The van der Waals surface area contributed by atoms with Crippen LogP contribution < -0.4 is 29.4 Å². The van der Waals surface area contributed by atoms with Crippen molar-refractivity contribution in [3.63, 3.8) is 0 Å². The third-order valence-corrected chi connectivity index (χ3v) is 29.8. The van der Waals surface area contributed by atoms with Crippen LogP contribution in [-0.4, -0.2) is 291 Å². The van der Waals surface area contributed by atoms with Crippen molar-refractivity contribution in [2.24, 2.45) is 0 Å². The fraction of sp³-hybridized carbons (Fsp3) is 0.571. The van der Waals surface area contributed by atoms with E-state index in [0.717, 1.165) is 69.4 Å². The largest absolute Gasteiger partial charge is 0.369 e. The number of likely N-dealkylation sites (N-methyl/N-ethyl adjacent to an activating group) is 3. The molecule has 127 heavy (non-hydrogen) atoms. The van der Waals surface area contributed by atoms with Crippen molar-refractivity contribution in [2.45, 2.75) is 215 Å². The SMILES string of the molecule is C.Cc1ccc(C2CCN(C)CC2)cc1.Cc1ccc(CN2CCN(C)CC2)cc1.Cc1ccc(N2CC(C)N(C)C(C)C2)cc1.Cc1ccc(N2CCN(C)C(C)C2)cc1.Cc1ccc(N2CCN(C3CC3)CC2)cc1.Cc1ccc(N2CCN(C3CCC3)CC2)cc1.Cc1ccc(N2CCN3CCCC3C2)cc1.Cc1ccc(N2CCN3CCCCC3C2)cc1. The van der Waals surface area contributed by atoms with Gasteiger partial charge in [0.1, 0.15) is 0 Å². The zero-order chi connectivity index (χ0) is 88.4. The number of piperidine rings is 2. The van der Waals surface area contributed by atoms with Crippen LogP contribution in [0.3, 0.4) is 0 Å². The van der Waals surface area contributed by atoms with Gasteiger partial charge in [-0.25, -0.2) is 0 Å². The number of rotatable bonds is 11. The number of nitrogens with zero attached hydrogens (tertiary/aromatic N) is 15. The summed E-state index contributed by atoms with van der Waals surface area (Å²) < 4.78 is 0. The quantitative estimate of drug-likeness (QED) is 0.123. The lowest BCUT2D eigenvalue weighted by molar-refractivity contribution is 0.120. The lowest BCUT2D eigenvalue weighted by Gasteiger charge is -2.45. The summed E-state index contributed by atoms with van der Waals surface area (Å²) in [6, 6.07) is 76.9. The third-order valence-electron chi connectivity index (χ3n) is 29.8. The smallest absolute Gasteiger partial charge is 0.0367 e. The van der Waals surface area contributed by atoms with Crippen molar-refractivity contribution < 1.29 is 0 Å². The zero-order valence-electron chi connectivity index (χ0n) is 81.1. The van der Waals surface area contributed by atoms with Crippen LogP contribution in [0.1, 0.15) is 167 Å². The number of aryl methyl sites for hydroxylation is 8. The monoisotopic (exact) mass is 1720 g/mol. The first kappa shape index (κ1) is 98.2. The Morgan fingerprint density at radius 3 is 0.913 bits per heavy atom. The molecule has 8 aromatic rings. The molecule has 10 heterocycles. The van der Waals surface area contributed by atoms with Gasteiger partial charge in [0.05, 0.1) is 0 Å². The van der Waals surface area contributed by atoms with Gasteiger partial charge in [-0.3, -0.25) is 29.4 Å². The second-order valence-electron chi connectivity index (χ2n) is 39.9. The number of hydrogen-bond acceptors (Lipinski definition) is 15. The standard InChI is InChI=1S/2C15H22N2.2C14H20N2.C14H22N2.2C13H20N2.C13H19N.CH4/c1-13-5-7-15(8-6-13)17-11-9-16(10-12-17)14-3-2-4-14;1-13-5-7-14(8-6-13)17-11-10-16-9-3-2-4-15(16)12-17;1-12-2-4-13(5-3-12)15-8-10-16(11-9-15)14-6-7-14;1-12-4-6-13(7-5-12)16-10-9-15-8-2-3-14(15)11-16;1-11-5-7-14(8-6-11)16-9-12(2)15(4)13(3)10-16;1-11-4-6-13(7-5-11)15-9-8-14(3)12(2)10-15;1-12-3-5-13(6-4-12)11-15-9-7-14(2)8-10-15;1-11-3-5-12(6-4-11)13-7-9-14(2)10-8-13;/h5-8,14H,2-4,9-12H2,1H3;5-8,15H,2-4,9-12H2,1H3;2-5,14H,6-11H2,1H3;4-7,14H,2-3,8-11H2,1H3;5-8,12-13H,9-10H2,1-4H3;4-7,12H,8-10H2,1-3H3;3-6H,7-11H2,1-2H3;3-6,13H,7-10H2,1-2H3;1H4. The van der Waals surface area contributed by atoms with Crippen LogP contribution >= 0.6 is 0 Å². The average molecular weight is 1730 g/mol. The van der Waals surface area contributed by atoms with Gasteiger partial charge in [-0.15, -0.1) is 0 Å². The Labute approximate surface area is 773 Å². The first-order chi connectivity index (χ1) is 61.0. The van der Waals surface area contributed by atoms with Gasteiger partial charge < -0.3 is 44.1 Å². The van der Waals surface area contributed by atoms with E-state index in [1.165, 1.54) is 311 Å². The van der Waals surface area contributed by atoms with E-state index >= 15 is 0 Å². The average Bonchev–Trinajstić information content (AvgIpc) is 1.72. The summed E-state index contributed by atoms with van der Waals surface area (Å²) in [6.45, 7) is 57.9. The Bertz CT molecular complexity index is 4350. The van der Waals surface area contributed by atoms with Gasteiger partial charge in [-0.1, -0.05) is 186 Å². The summed E-state index contributed by atoms with van der Waals surface area (Å²) in [4.78, 5) is 38.0. The highest BCUT2D eigenvalue weighted by Crippen LogP contribution is 2.33. The summed E-state index contributed by atoms with van der Waals surface area (Å²) in [5.41, 5.74) is 22.0. The second-order valence-corrected chi connectivity index (χ2v) is 39.9. The summed E-state index contributed by atoms with van der Waals surface area (Å²) in [6.07, 6.45) is 16.8. The van der Waals surface area contributed by atoms with Crippen molar-refractivity contribution in [3.05, 3.63) is 250 Å². The molecule has 0 N–H and O–H groups in total. The molecule has 15 nitrogen and oxygen atoms in total. The highest BCUT2D eigenvalue weighted by Gasteiger charge is 2.35. The van der Waals surface area contributed by atoms with Crippen LogP contribution in [0.4, 0.5) is 34.1 Å². The molecular formula is C112H169N15. The van der Waals surface area contributed by atoms with Crippen molar-refractivity contribution >= 4 is 34.1 Å². The second kappa shape index (κ2) is 49.4. The first-order valence-electron chi connectivity index (χ1n) is 49.5. The molecule has 0 radical (unpaired) electrons. The number of likely N-dealkylation sites (tertiary alicyclic amines) is 1. The van der Waals surface area contributed by atoms with Crippen molar-refractivity contribution in [1.82, 2.24) is 44.1 Å². The van der Waals surface area contributed by atoms with Crippen LogP contribution in [0.25, 0.3) is 0 Å². The van der Waals surface area contributed by atoms with Gasteiger partial charge in [-0.05, 0) is 285 Å². The zero-order valence-corrected chi connectivity index (χ0v) is 81.1. The Morgan fingerprint density at radius 2 is 0.535 bits per heavy atom. The van der Waals surface area contributed by atoms with E-state index in [-0.39, 0.29) is 7.43 Å². The summed E-state index contributed by atoms with van der Waals surface area (Å²) in [7, 11) is 8.84.